The van der Waals surface area contributed by atoms with Gasteiger partial charge in [0.2, 0.25) is 0 Å². The summed E-state index contributed by atoms with van der Waals surface area (Å²) < 4.78 is 5.12. The molecule has 0 saturated heterocycles. The maximum atomic E-state index is 12.2. The monoisotopic (exact) mass is 267 g/mol. The predicted molar refractivity (Wildman–Crippen MR) is 76.5 cm³/mol. The SMILES string of the molecule is CCCC(COC)NC(=O)c1cc(S)ccc1C. The number of aryl methyl sites for hydroxylation is 1. The van der Waals surface area contributed by atoms with Crippen LogP contribution >= 0.6 is 12.6 Å². The lowest BCUT2D eigenvalue weighted by molar-refractivity contribution is 0.0891. The first-order valence-corrected chi connectivity index (χ1v) is 6.62. The van der Waals surface area contributed by atoms with Crippen molar-refractivity contribution in [2.75, 3.05) is 13.7 Å². The van der Waals surface area contributed by atoms with E-state index in [1.807, 2.05) is 19.1 Å². The van der Waals surface area contributed by atoms with Crippen LogP contribution in [0.3, 0.4) is 0 Å². The molecule has 0 radical (unpaired) electrons. The first-order chi connectivity index (χ1) is 8.58. The van der Waals surface area contributed by atoms with Gasteiger partial charge in [0.25, 0.3) is 5.91 Å². The number of methoxy groups -OCH3 is 1. The van der Waals surface area contributed by atoms with Crippen molar-refractivity contribution in [3.05, 3.63) is 29.3 Å². The molecule has 1 unspecified atom stereocenters. The van der Waals surface area contributed by atoms with E-state index in [1.165, 1.54) is 0 Å². The van der Waals surface area contributed by atoms with E-state index in [-0.39, 0.29) is 11.9 Å². The molecular weight excluding hydrogens is 246 g/mol. The molecule has 3 nitrogen and oxygen atoms in total. The maximum Gasteiger partial charge on any atom is 0.251 e. The summed E-state index contributed by atoms with van der Waals surface area (Å²) in [6, 6.07) is 5.65. The molecule has 18 heavy (non-hydrogen) atoms. The summed E-state index contributed by atoms with van der Waals surface area (Å²) >= 11 is 4.26. The van der Waals surface area contributed by atoms with E-state index in [0.29, 0.717) is 12.2 Å². The highest BCUT2D eigenvalue weighted by molar-refractivity contribution is 7.80. The summed E-state index contributed by atoms with van der Waals surface area (Å²) in [5.74, 6) is -0.0566. The molecule has 0 aliphatic heterocycles. The van der Waals surface area contributed by atoms with Crippen molar-refractivity contribution in [3.63, 3.8) is 0 Å². The fraction of sp³-hybridized carbons (Fsp3) is 0.500. The molecule has 0 aliphatic carbocycles. The first-order valence-electron chi connectivity index (χ1n) is 6.17. The molecule has 1 N–H and O–H groups in total. The van der Waals surface area contributed by atoms with Crippen LogP contribution in [-0.4, -0.2) is 25.7 Å². The number of carbonyl (C=O) groups is 1. The fourth-order valence-electron chi connectivity index (χ4n) is 1.86. The second-order valence-corrected chi connectivity index (χ2v) is 4.93. The highest BCUT2D eigenvalue weighted by atomic mass is 32.1. The summed E-state index contributed by atoms with van der Waals surface area (Å²) in [6.07, 6.45) is 1.93. The van der Waals surface area contributed by atoms with Crippen LogP contribution in [0.1, 0.15) is 35.7 Å². The summed E-state index contributed by atoms with van der Waals surface area (Å²) in [5.41, 5.74) is 1.64. The molecule has 1 aromatic rings. The fourth-order valence-corrected chi connectivity index (χ4v) is 2.07. The van der Waals surface area contributed by atoms with Crippen LogP contribution < -0.4 is 5.32 Å². The minimum absolute atomic E-state index is 0.0566. The van der Waals surface area contributed by atoms with Gasteiger partial charge in [0.1, 0.15) is 0 Å². The van der Waals surface area contributed by atoms with E-state index in [4.69, 9.17) is 4.74 Å². The van der Waals surface area contributed by atoms with E-state index in [9.17, 15) is 4.79 Å². The smallest absolute Gasteiger partial charge is 0.251 e. The predicted octanol–water partition coefficient (Wildman–Crippen LogP) is 2.83. The van der Waals surface area contributed by atoms with Gasteiger partial charge < -0.3 is 10.1 Å². The van der Waals surface area contributed by atoms with Gasteiger partial charge in [0.15, 0.2) is 0 Å². The standard InChI is InChI=1S/C14H21NO2S/c1-4-5-11(9-17-3)15-14(16)13-8-12(18)7-6-10(13)2/h6-8,11,18H,4-5,9H2,1-3H3,(H,15,16). The first kappa shape index (κ1) is 15.1. The van der Waals surface area contributed by atoms with Crippen molar-refractivity contribution >= 4 is 18.5 Å². The van der Waals surface area contributed by atoms with Gasteiger partial charge in [-0.15, -0.1) is 12.6 Å². The molecule has 0 aliphatic rings. The molecule has 0 saturated carbocycles. The Bertz CT molecular complexity index is 401. The molecule has 1 amide bonds. The Morgan fingerprint density at radius 1 is 1.50 bits per heavy atom. The van der Waals surface area contributed by atoms with Crippen LogP contribution in [0.2, 0.25) is 0 Å². The maximum absolute atomic E-state index is 12.2. The van der Waals surface area contributed by atoms with Gasteiger partial charge in [0.05, 0.1) is 12.6 Å². The van der Waals surface area contributed by atoms with Crippen LogP contribution in [0, 0.1) is 6.92 Å². The van der Waals surface area contributed by atoms with Gasteiger partial charge in [-0.25, -0.2) is 0 Å². The molecule has 1 rings (SSSR count). The average Bonchev–Trinajstić information content (AvgIpc) is 2.33. The van der Waals surface area contributed by atoms with Gasteiger partial charge in [-0.1, -0.05) is 19.4 Å². The van der Waals surface area contributed by atoms with Crippen molar-refractivity contribution in [2.45, 2.75) is 37.6 Å². The summed E-state index contributed by atoms with van der Waals surface area (Å²) in [6.45, 7) is 4.56. The van der Waals surface area contributed by atoms with Gasteiger partial charge in [0, 0.05) is 17.6 Å². The number of carbonyl (C=O) groups excluding carboxylic acids is 1. The quantitative estimate of drug-likeness (QED) is 0.778. The molecule has 0 aromatic heterocycles. The zero-order valence-electron chi connectivity index (χ0n) is 11.2. The number of ether oxygens (including phenoxy) is 1. The normalized spacial score (nSPS) is 12.2. The van der Waals surface area contributed by atoms with E-state index in [0.717, 1.165) is 23.3 Å². The van der Waals surface area contributed by atoms with E-state index in [1.54, 1.807) is 13.2 Å². The summed E-state index contributed by atoms with van der Waals surface area (Å²) in [5, 5.41) is 3.01. The van der Waals surface area contributed by atoms with Crippen LogP contribution in [-0.2, 0) is 4.74 Å². The number of nitrogens with one attached hydrogen (secondary N) is 1. The van der Waals surface area contributed by atoms with Gasteiger partial charge >= 0.3 is 0 Å². The average molecular weight is 267 g/mol. The topological polar surface area (TPSA) is 38.3 Å². The van der Waals surface area contributed by atoms with Gasteiger partial charge in [-0.05, 0) is 31.0 Å². The lowest BCUT2D eigenvalue weighted by atomic mass is 10.1. The van der Waals surface area contributed by atoms with Crippen molar-refractivity contribution < 1.29 is 9.53 Å². The molecule has 1 atom stereocenters. The highest BCUT2D eigenvalue weighted by Gasteiger charge is 2.14. The van der Waals surface area contributed by atoms with E-state index >= 15 is 0 Å². The summed E-state index contributed by atoms with van der Waals surface area (Å²) in [4.78, 5) is 13.0. The van der Waals surface area contributed by atoms with Gasteiger partial charge in [-0.3, -0.25) is 4.79 Å². The molecule has 0 bridgehead atoms. The Morgan fingerprint density at radius 3 is 2.83 bits per heavy atom. The minimum atomic E-state index is -0.0566. The van der Waals surface area contributed by atoms with Crippen molar-refractivity contribution in [3.8, 4) is 0 Å². The second kappa shape index (κ2) is 7.44. The highest BCUT2D eigenvalue weighted by Crippen LogP contribution is 2.14. The van der Waals surface area contributed by atoms with Crippen molar-refractivity contribution in [1.82, 2.24) is 5.32 Å². The lowest BCUT2D eigenvalue weighted by Gasteiger charge is -2.18. The summed E-state index contributed by atoms with van der Waals surface area (Å²) in [7, 11) is 1.65. The molecule has 100 valence electrons. The molecule has 0 fully saturated rings. The van der Waals surface area contributed by atoms with Crippen molar-refractivity contribution in [2.24, 2.45) is 0 Å². The molecule has 1 aromatic carbocycles. The van der Waals surface area contributed by atoms with Crippen LogP contribution in [0.25, 0.3) is 0 Å². The number of benzene rings is 1. The van der Waals surface area contributed by atoms with Crippen LogP contribution in [0.15, 0.2) is 23.1 Å². The third-order valence-electron chi connectivity index (χ3n) is 2.81. The number of hydrogen-bond donors (Lipinski definition) is 2. The number of hydrogen-bond acceptors (Lipinski definition) is 3. The van der Waals surface area contributed by atoms with Crippen LogP contribution in [0.5, 0.6) is 0 Å². The van der Waals surface area contributed by atoms with Crippen molar-refractivity contribution in [1.29, 1.82) is 0 Å². The number of rotatable bonds is 6. The van der Waals surface area contributed by atoms with E-state index in [2.05, 4.69) is 24.9 Å². The Labute approximate surface area is 114 Å². The third-order valence-corrected chi connectivity index (χ3v) is 3.08. The largest absolute Gasteiger partial charge is 0.383 e. The zero-order chi connectivity index (χ0) is 13.5. The van der Waals surface area contributed by atoms with Gasteiger partial charge in [-0.2, -0.15) is 0 Å². The Kier molecular flexibility index (Phi) is 6.22. The molecule has 4 heteroatoms. The molecule has 0 spiro atoms. The second-order valence-electron chi connectivity index (χ2n) is 4.41. The Balaban J connectivity index is 2.76. The van der Waals surface area contributed by atoms with E-state index < -0.39 is 0 Å². The Hall–Kier alpha value is -1.00. The third kappa shape index (κ3) is 4.35. The number of thiol groups is 1. The minimum Gasteiger partial charge on any atom is -0.383 e. The number of amides is 1. The molecular formula is C14H21NO2S. The zero-order valence-corrected chi connectivity index (χ0v) is 12.1. The lowest BCUT2D eigenvalue weighted by Crippen LogP contribution is -2.38. The van der Waals surface area contributed by atoms with Crippen LogP contribution in [0.4, 0.5) is 0 Å². The Morgan fingerprint density at radius 2 is 2.22 bits per heavy atom. The molecule has 0 heterocycles.